The summed E-state index contributed by atoms with van der Waals surface area (Å²) >= 11 is 5.31. The van der Waals surface area contributed by atoms with Crippen LogP contribution in [-0.4, -0.2) is 64.6 Å². The van der Waals surface area contributed by atoms with Crippen LogP contribution in [-0.2, 0) is 11.3 Å². The number of piperazine rings is 1. The summed E-state index contributed by atoms with van der Waals surface area (Å²) in [6.07, 6.45) is 0. The SMILES string of the molecule is O=C(Cn1c(=S)[nH]c2ccccc2c1=O)N1CCN(CCOc2ccccc2)CC1. The Bertz CT molecular complexity index is 1130. The molecule has 1 aromatic heterocycles. The van der Waals surface area contributed by atoms with Gasteiger partial charge in [-0.25, -0.2) is 0 Å². The van der Waals surface area contributed by atoms with E-state index in [2.05, 4.69) is 9.88 Å². The number of benzene rings is 2. The van der Waals surface area contributed by atoms with Crippen molar-refractivity contribution in [3.05, 3.63) is 69.7 Å². The number of fused-ring (bicyclic) bond motifs is 1. The lowest BCUT2D eigenvalue weighted by atomic mass is 10.2. The van der Waals surface area contributed by atoms with Crippen molar-refractivity contribution in [1.29, 1.82) is 0 Å². The molecule has 1 fully saturated rings. The molecule has 0 radical (unpaired) electrons. The average Bonchev–Trinajstić information content (AvgIpc) is 2.78. The number of nitrogens with one attached hydrogen (secondary N) is 1. The molecule has 0 spiro atoms. The van der Waals surface area contributed by atoms with E-state index in [1.807, 2.05) is 36.4 Å². The molecule has 7 nitrogen and oxygen atoms in total. The summed E-state index contributed by atoms with van der Waals surface area (Å²) in [6, 6.07) is 16.9. The number of aromatic amines is 1. The Labute approximate surface area is 179 Å². The fourth-order valence-corrected chi connectivity index (χ4v) is 3.87. The van der Waals surface area contributed by atoms with Crippen LogP contribution in [0.4, 0.5) is 0 Å². The largest absolute Gasteiger partial charge is 0.492 e. The zero-order valence-electron chi connectivity index (χ0n) is 16.6. The van der Waals surface area contributed by atoms with Crippen LogP contribution in [0.15, 0.2) is 59.4 Å². The highest BCUT2D eigenvalue weighted by atomic mass is 32.1. The predicted octanol–water partition coefficient (Wildman–Crippen LogP) is 2.28. The summed E-state index contributed by atoms with van der Waals surface area (Å²) in [5, 5.41) is 0.530. The second-order valence-corrected chi connectivity index (χ2v) is 7.64. The van der Waals surface area contributed by atoms with Crippen LogP contribution in [0.5, 0.6) is 5.75 Å². The Morgan fingerprint density at radius 3 is 2.47 bits per heavy atom. The molecule has 2 aromatic carbocycles. The molecule has 0 atom stereocenters. The van der Waals surface area contributed by atoms with Crippen molar-refractivity contribution in [2.24, 2.45) is 0 Å². The third kappa shape index (κ3) is 4.60. The Balaban J connectivity index is 1.31. The molecule has 0 unspecified atom stereocenters. The lowest BCUT2D eigenvalue weighted by Crippen LogP contribution is -2.50. The molecular formula is C22H24N4O3S. The molecular weight excluding hydrogens is 400 g/mol. The quantitative estimate of drug-likeness (QED) is 0.615. The lowest BCUT2D eigenvalue weighted by molar-refractivity contribution is -0.133. The molecule has 1 saturated heterocycles. The number of carbonyl (C=O) groups excluding carboxylic acids is 1. The summed E-state index contributed by atoms with van der Waals surface area (Å²) in [7, 11) is 0. The Hall–Kier alpha value is -2.97. The van der Waals surface area contributed by atoms with Gasteiger partial charge in [-0.3, -0.25) is 19.1 Å². The summed E-state index contributed by atoms with van der Waals surface area (Å²) in [5.41, 5.74) is 0.446. The van der Waals surface area contributed by atoms with Gasteiger partial charge in [-0.05, 0) is 36.5 Å². The highest BCUT2D eigenvalue weighted by Crippen LogP contribution is 2.10. The third-order valence-corrected chi connectivity index (χ3v) is 5.65. The van der Waals surface area contributed by atoms with Crippen molar-refractivity contribution >= 4 is 29.0 Å². The highest BCUT2D eigenvalue weighted by molar-refractivity contribution is 7.71. The van der Waals surface area contributed by atoms with E-state index in [1.54, 1.807) is 23.1 Å². The minimum Gasteiger partial charge on any atom is -0.492 e. The molecule has 156 valence electrons. The van der Waals surface area contributed by atoms with Crippen LogP contribution in [0, 0.1) is 4.77 Å². The molecule has 1 aliphatic rings. The summed E-state index contributed by atoms with van der Waals surface area (Å²) in [4.78, 5) is 32.6. The van der Waals surface area contributed by atoms with Crippen molar-refractivity contribution in [3.63, 3.8) is 0 Å². The Morgan fingerprint density at radius 1 is 1.00 bits per heavy atom. The molecule has 1 amide bonds. The average molecular weight is 425 g/mol. The van der Waals surface area contributed by atoms with Gasteiger partial charge >= 0.3 is 0 Å². The van der Waals surface area contributed by atoms with Gasteiger partial charge in [-0.1, -0.05) is 30.3 Å². The van der Waals surface area contributed by atoms with Gasteiger partial charge in [0.1, 0.15) is 18.9 Å². The molecule has 1 N–H and O–H groups in total. The maximum Gasteiger partial charge on any atom is 0.262 e. The molecule has 30 heavy (non-hydrogen) atoms. The van der Waals surface area contributed by atoms with Crippen LogP contribution >= 0.6 is 12.2 Å². The molecule has 0 aliphatic carbocycles. The van der Waals surface area contributed by atoms with Gasteiger partial charge in [0.15, 0.2) is 4.77 Å². The number of carbonyl (C=O) groups is 1. The van der Waals surface area contributed by atoms with Gasteiger partial charge in [0, 0.05) is 32.7 Å². The van der Waals surface area contributed by atoms with Crippen molar-refractivity contribution in [2.75, 3.05) is 39.3 Å². The van der Waals surface area contributed by atoms with Crippen molar-refractivity contribution in [3.8, 4) is 5.75 Å². The zero-order chi connectivity index (χ0) is 20.9. The number of nitrogens with zero attached hydrogens (tertiary/aromatic N) is 3. The van der Waals surface area contributed by atoms with E-state index >= 15 is 0 Å². The van der Waals surface area contributed by atoms with Crippen LogP contribution in [0.25, 0.3) is 10.9 Å². The minimum absolute atomic E-state index is 0.0455. The fourth-order valence-electron chi connectivity index (χ4n) is 3.61. The first-order chi connectivity index (χ1) is 14.6. The maximum atomic E-state index is 12.8. The third-order valence-electron chi connectivity index (χ3n) is 5.33. The molecule has 1 aliphatic heterocycles. The van der Waals surface area contributed by atoms with Gasteiger partial charge in [0.25, 0.3) is 5.56 Å². The predicted molar refractivity (Wildman–Crippen MR) is 118 cm³/mol. The van der Waals surface area contributed by atoms with Gasteiger partial charge < -0.3 is 14.6 Å². The number of amides is 1. The van der Waals surface area contributed by atoms with Crippen LogP contribution in [0.3, 0.4) is 0 Å². The smallest absolute Gasteiger partial charge is 0.262 e. The molecule has 3 aromatic rings. The first-order valence-electron chi connectivity index (χ1n) is 10.0. The van der Waals surface area contributed by atoms with Crippen LogP contribution < -0.4 is 10.3 Å². The summed E-state index contributed by atoms with van der Waals surface area (Å²) in [6.45, 7) is 4.20. The van der Waals surface area contributed by atoms with E-state index in [-0.39, 0.29) is 22.8 Å². The van der Waals surface area contributed by atoms with E-state index in [0.29, 0.717) is 30.6 Å². The van der Waals surface area contributed by atoms with E-state index in [0.717, 1.165) is 25.4 Å². The van der Waals surface area contributed by atoms with E-state index in [1.165, 1.54) is 4.57 Å². The summed E-state index contributed by atoms with van der Waals surface area (Å²) < 4.78 is 7.36. The number of para-hydroxylation sites is 2. The monoisotopic (exact) mass is 424 g/mol. The minimum atomic E-state index is -0.237. The number of H-pyrrole nitrogens is 1. The second kappa shape index (κ2) is 9.23. The van der Waals surface area contributed by atoms with Gasteiger partial charge in [-0.15, -0.1) is 0 Å². The molecule has 2 heterocycles. The van der Waals surface area contributed by atoms with E-state index in [4.69, 9.17) is 17.0 Å². The summed E-state index contributed by atoms with van der Waals surface area (Å²) in [5.74, 6) is 0.774. The lowest BCUT2D eigenvalue weighted by Gasteiger charge is -2.34. The zero-order valence-corrected chi connectivity index (χ0v) is 17.4. The van der Waals surface area contributed by atoms with Crippen LogP contribution in [0.1, 0.15) is 0 Å². The number of aromatic nitrogens is 2. The number of ether oxygens (including phenoxy) is 1. The van der Waals surface area contributed by atoms with Crippen molar-refractivity contribution in [2.45, 2.75) is 6.54 Å². The first kappa shape index (κ1) is 20.3. The highest BCUT2D eigenvalue weighted by Gasteiger charge is 2.22. The molecule has 8 heteroatoms. The number of rotatable bonds is 6. The molecule has 0 bridgehead atoms. The Morgan fingerprint density at radius 2 is 1.70 bits per heavy atom. The van der Waals surface area contributed by atoms with E-state index in [9.17, 15) is 9.59 Å². The second-order valence-electron chi connectivity index (χ2n) is 7.25. The first-order valence-corrected chi connectivity index (χ1v) is 10.4. The fraction of sp³-hybridized carbons (Fsp3) is 0.318. The topological polar surface area (TPSA) is 70.6 Å². The number of hydrogen-bond donors (Lipinski definition) is 1. The standard InChI is InChI=1S/C22H24N4O3S/c27-20(16-26-21(28)18-8-4-5-9-19(18)23-22(26)30)25-12-10-24(11-13-25)14-15-29-17-6-2-1-3-7-17/h1-9H,10-16H2,(H,23,30). The van der Waals surface area contributed by atoms with Gasteiger partial charge in [0.2, 0.25) is 5.91 Å². The van der Waals surface area contributed by atoms with Crippen LogP contribution in [0.2, 0.25) is 0 Å². The van der Waals surface area contributed by atoms with Gasteiger partial charge in [-0.2, -0.15) is 0 Å². The molecule has 4 rings (SSSR count). The van der Waals surface area contributed by atoms with Gasteiger partial charge in [0.05, 0.1) is 10.9 Å². The van der Waals surface area contributed by atoms with Crippen molar-refractivity contribution in [1.82, 2.24) is 19.4 Å². The van der Waals surface area contributed by atoms with Crippen molar-refractivity contribution < 1.29 is 9.53 Å². The van der Waals surface area contributed by atoms with E-state index < -0.39 is 0 Å². The Kier molecular flexibility index (Phi) is 6.25. The maximum absolute atomic E-state index is 12.8. The molecule has 0 saturated carbocycles. The number of hydrogen-bond acceptors (Lipinski definition) is 5. The normalized spacial score (nSPS) is 14.7.